The fraction of sp³-hybridized carbons (Fsp3) is 0.188. The molecule has 0 radical (unpaired) electrons. The number of ether oxygens (including phenoxy) is 1. The monoisotopic (exact) mass is 346 g/mol. The van der Waals surface area contributed by atoms with Crippen molar-refractivity contribution in [2.45, 2.75) is 13.5 Å². The maximum absolute atomic E-state index is 11.3. The molecule has 0 aliphatic carbocycles. The van der Waals surface area contributed by atoms with Gasteiger partial charge in [-0.25, -0.2) is 0 Å². The van der Waals surface area contributed by atoms with Crippen LogP contribution in [0.4, 0.5) is 11.4 Å². The first kappa shape index (κ1) is 13.9. The van der Waals surface area contributed by atoms with Crippen molar-refractivity contribution in [3.05, 3.63) is 52.0 Å². The lowest BCUT2D eigenvalue weighted by Crippen LogP contribution is -2.25. The molecule has 2 aromatic rings. The predicted molar refractivity (Wildman–Crippen MR) is 86.8 cm³/mol. The van der Waals surface area contributed by atoms with Gasteiger partial charge in [0.05, 0.1) is 5.69 Å². The molecule has 0 spiro atoms. The van der Waals surface area contributed by atoms with Crippen molar-refractivity contribution in [3.8, 4) is 5.75 Å². The van der Waals surface area contributed by atoms with Gasteiger partial charge in [0.15, 0.2) is 6.61 Å². The molecule has 0 fully saturated rings. The molecular weight excluding hydrogens is 332 g/mol. The number of amides is 1. The molecule has 3 rings (SSSR count). The van der Waals surface area contributed by atoms with E-state index >= 15 is 0 Å². The lowest BCUT2D eigenvalue weighted by molar-refractivity contribution is -0.118. The summed E-state index contributed by atoms with van der Waals surface area (Å²) in [5.74, 6) is 0.606. The van der Waals surface area contributed by atoms with Crippen molar-refractivity contribution >= 4 is 33.2 Å². The molecule has 1 amide bonds. The van der Waals surface area contributed by atoms with Gasteiger partial charge in [-0.15, -0.1) is 0 Å². The Morgan fingerprint density at radius 1 is 1.29 bits per heavy atom. The number of carbonyl (C=O) groups excluding carboxylic acids is 1. The number of fused-ring (bicyclic) bond motifs is 1. The third-order valence-electron chi connectivity index (χ3n) is 3.35. The molecule has 108 valence electrons. The zero-order valence-corrected chi connectivity index (χ0v) is 13.2. The van der Waals surface area contributed by atoms with Gasteiger partial charge in [-0.1, -0.05) is 22.0 Å². The van der Waals surface area contributed by atoms with Crippen LogP contribution in [-0.2, 0) is 11.3 Å². The largest absolute Gasteiger partial charge is 0.482 e. The quantitative estimate of drug-likeness (QED) is 0.890. The van der Waals surface area contributed by atoms with Crippen molar-refractivity contribution in [1.29, 1.82) is 0 Å². The number of halogens is 1. The van der Waals surface area contributed by atoms with Crippen LogP contribution >= 0.6 is 15.9 Å². The number of hydrogen-bond acceptors (Lipinski definition) is 3. The summed E-state index contributed by atoms with van der Waals surface area (Å²) < 4.78 is 6.42. The predicted octanol–water partition coefficient (Wildman–Crippen LogP) is 3.70. The van der Waals surface area contributed by atoms with Gasteiger partial charge in [-0.3, -0.25) is 4.79 Å². The summed E-state index contributed by atoms with van der Waals surface area (Å²) in [7, 11) is 0. The Hall–Kier alpha value is -2.01. The molecule has 1 aliphatic heterocycles. The minimum absolute atomic E-state index is 0.0860. The third kappa shape index (κ3) is 3.19. The summed E-state index contributed by atoms with van der Waals surface area (Å²) in [6.07, 6.45) is 0. The molecule has 0 bridgehead atoms. The first-order valence-corrected chi connectivity index (χ1v) is 7.47. The van der Waals surface area contributed by atoms with E-state index in [0.29, 0.717) is 6.54 Å². The second-order valence-electron chi connectivity index (χ2n) is 4.98. The molecule has 0 saturated carbocycles. The van der Waals surface area contributed by atoms with Gasteiger partial charge < -0.3 is 15.4 Å². The zero-order chi connectivity index (χ0) is 14.8. The molecule has 1 heterocycles. The van der Waals surface area contributed by atoms with E-state index in [4.69, 9.17) is 4.74 Å². The second-order valence-corrected chi connectivity index (χ2v) is 5.90. The van der Waals surface area contributed by atoms with Crippen LogP contribution < -0.4 is 15.4 Å². The molecule has 2 N–H and O–H groups in total. The Morgan fingerprint density at radius 2 is 2.14 bits per heavy atom. The highest BCUT2D eigenvalue weighted by molar-refractivity contribution is 9.10. The van der Waals surface area contributed by atoms with Crippen molar-refractivity contribution in [1.82, 2.24) is 0 Å². The van der Waals surface area contributed by atoms with E-state index < -0.39 is 0 Å². The second kappa shape index (κ2) is 5.77. The summed E-state index contributed by atoms with van der Waals surface area (Å²) >= 11 is 3.46. The minimum Gasteiger partial charge on any atom is -0.482 e. The van der Waals surface area contributed by atoms with E-state index in [1.54, 1.807) is 0 Å². The van der Waals surface area contributed by atoms with E-state index in [2.05, 4.69) is 39.6 Å². The standard InChI is InChI=1S/C16H15BrN2O2/c1-10-6-12(17)3-4-13(10)18-8-11-2-5-15-14(7-11)19-16(20)9-21-15/h2-7,18H,8-9H2,1H3,(H,19,20). The van der Waals surface area contributed by atoms with Crippen molar-refractivity contribution < 1.29 is 9.53 Å². The average Bonchev–Trinajstić information content (AvgIpc) is 2.46. The SMILES string of the molecule is Cc1cc(Br)ccc1NCc1ccc2c(c1)NC(=O)CO2. The molecule has 0 saturated heterocycles. The fourth-order valence-corrected chi connectivity index (χ4v) is 2.74. The molecule has 0 aromatic heterocycles. The van der Waals surface area contributed by atoms with Crippen molar-refractivity contribution in [2.75, 3.05) is 17.2 Å². The number of hydrogen-bond donors (Lipinski definition) is 2. The average molecular weight is 347 g/mol. The van der Waals surface area contributed by atoms with Crippen LogP contribution in [0.25, 0.3) is 0 Å². The van der Waals surface area contributed by atoms with Gasteiger partial charge in [0, 0.05) is 16.7 Å². The Labute approximate surface area is 131 Å². The molecule has 1 aliphatic rings. The van der Waals surface area contributed by atoms with Gasteiger partial charge in [0.25, 0.3) is 5.91 Å². The van der Waals surface area contributed by atoms with Gasteiger partial charge >= 0.3 is 0 Å². The van der Waals surface area contributed by atoms with Gasteiger partial charge in [-0.05, 0) is 48.4 Å². The highest BCUT2D eigenvalue weighted by Gasteiger charge is 2.15. The third-order valence-corrected chi connectivity index (χ3v) is 3.84. The van der Waals surface area contributed by atoms with E-state index in [1.807, 2.05) is 30.3 Å². The van der Waals surface area contributed by atoms with E-state index in [0.717, 1.165) is 27.2 Å². The van der Waals surface area contributed by atoms with E-state index in [-0.39, 0.29) is 12.5 Å². The number of aryl methyl sites for hydroxylation is 1. The Kier molecular flexibility index (Phi) is 3.84. The Balaban J connectivity index is 1.73. The Morgan fingerprint density at radius 3 is 2.95 bits per heavy atom. The molecular formula is C16H15BrN2O2. The van der Waals surface area contributed by atoms with Crippen LogP contribution in [-0.4, -0.2) is 12.5 Å². The normalized spacial score (nSPS) is 13.1. The summed E-state index contributed by atoms with van der Waals surface area (Å²) in [5, 5.41) is 6.22. The first-order valence-electron chi connectivity index (χ1n) is 6.67. The number of anilines is 2. The smallest absolute Gasteiger partial charge is 0.262 e. The Bertz CT molecular complexity index is 701. The first-order chi connectivity index (χ1) is 10.1. The number of carbonyl (C=O) groups is 1. The zero-order valence-electron chi connectivity index (χ0n) is 11.6. The van der Waals surface area contributed by atoms with Crippen LogP contribution in [0.1, 0.15) is 11.1 Å². The highest BCUT2D eigenvalue weighted by Crippen LogP contribution is 2.29. The van der Waals surface area contributed by atoms with Crippen LogP contribution in [0.2, 0.25) is 0 Å². The summed E-state index contributed by atoms with van der Waals surface area (Å²) in [4.78, 5) is 11.3. The molecule has 4 nitrogen and oxygen atoms in total. The van der Waals surface area contributed by atoms with Gasteiger partial charge in [-0.2, -0.15) is 0 Å². The van der Waals surface area contributed by atoms with Crippen LogP contribution in [0.15, 0.2) is 40.9 Å². The molecule has 0 unspecified atom stereocenters. The summed E-state index contributed by atoms with van der Waals surface area (Å²) in [5.41, 5.74) is 4.09. The maximum atomic E-state index is 11.3. The minimum atomic E-state index is -0.114. The summed E-state index contributed by atoms with van der Waals surface area (Å²) in [6, 6.07) is 12.0. The van der Waals surface area contributed by atoms with Gasteiger partial charge in [0.2, 0.25) is 0 Å². The van der Waals surface area contributed by atoms with Crippen LogP contribution in [0.3, 0.4) is 0 Å². The topological polar surface area (TPSA) is 50.4 Å². The number of nitrogens with one attached hydrogen (secondary N) is 2. The van der Waals surface area contributed by atoms with E-state index in [9.17, 15) is 4.79 Å². The molecule has 2 aromatic carbocycles. The maximum Gasteiger partial charge on any atom is 0.262 e. The lowest BCUT2D eigenvalue weighted by Gasteiger charge is -2.19. The fourth-order valence-electron chi connectivity index (χ4n) is 2.26. The number of rotatable bonds is 3. The van der Waals surface area contributed by atoms with E-state index in [1.165, 1.54) is 5.56 Å². The lowest BCUT2D eigenvalue weighted by atomic mass is 10.1. The van der Waals surface area contributed by atoms with Crippen molar-refractivity contribution in [2.24, 2.45) is 0 Å². The van der Waals surface area contributed by atoms with Gasteiger partial charge in [0.1, 0.15) is 5.75 Å². The van der Waals surface area contributed by atoms with Crippen LogP contribution in [0, 0.1) is 6.92 Å². The van der Waals surface area contributed by atoms with Crippen LogP contribution in [0.5, 0.6) is 5.75 Å². The van der Waals surface area contributed by atoms with Crippen molar-refractivity contribution in [3.63, 3.8) is 0 Å². The molecule has 21 heavy (non-hydrogen) atoms. The molecule has 0 atom stereocenters. The summed E-state index contributed by atoms with van der Waals surface area (Å²) in [6.45, 7) is 2.84. The molecule has 5 heteroatoms. The number of benzene rings is 2. The highest BCUT2D eigenvalue weighted by atomic mass is 79.9.